The maximum absolute atomic E-state index is 13.0. The summed E-state index contributed by atoms with van der Waals surface area (Å²) < 4.78 is 32.7. The quantitative estimate of drug-likeness (QED) is 0.824. The van der Waals surface area contributed by atoms with Crippen molar-refractivity contribution in [2.24, 2.45) is 0 Å². The molecule has 1 atom stereocenters. The zero-order valence-corrected chi connectivity index (χ0v) is 15.6. The summed E-state index contributed by atoms with van der Waals surface area (Å²) in [4.78, 5) is 2.31. The van der Waals surface area contributed by atoms with Crippen molar-refractivity contribution in [3.63, 3.8) is 0 Å². The molecule has 1 aliphatic heterocycles. The average molecular weight is 371 g/mol. The Labute approximate surface area is 154 Å². The lowest BCUT2D eigenvalue weighted by atomic mass is 10.0. The third-order valence-electron chi connectivity index (χ3n) is 4.71. The second kappa shape index (κ2) is 7.46. The minimum Gasteiger partial charge on any atom is -0.497 e. The topological polar surface area (TPSA) is 73.6 Å². The monoisotopic (exact) mass is 371 g/mol. The van der Waals surface area contributed by atoms with Gasteiger partial charge in [-0.2, -0.15) is 9.57 Å². The van der Waals surface area contributed by atoms with Crippen molar-refractivity contribution in [1.29, 1.82) is 5.26 Å². The van der Waals surface area contributed by atoms with Gasteiger partial charge in [0.25, 0.3) is 0 Å². The Balaban J connectivity index is 1.87. The van der Waals surface area contributed by atoms with Crippen LogP contribution in [-0.4, -0.2) is 51.4 Å². The number of benzene rings is 2. The fraction of sp³-hybridized carbons (Fsp3) is 0.316. The van der Waals surface area contributed by atoms with E-state index >= 15 is 0 Å². The van der Waals surface area contributed by atoms with E-state index in [1.54, 1.807) is 19.2 Å². The van der Waals surface area contributed by atoms with E-state index in [1.165, 1.54) is 16.4 Å². The van der Waals surface area contributed by atoms with Crippen LogP contribution in [0.25, 0.3) is 0 Å². The number of ether oxygens (including phenoxy) is 1. The molecule has 7 heteroatoms. The zero-order valence-electron chi connectivity index (χ0n) is 14.8. The molecule has 0 amide bonds. The molecule has 0 radical (unpaired) electrons. The van der Waals surface area contributed by atoms with Gasteiger partial charge in [0.2, 0.25) is 10.0 Å². The Hall–Kier alpha value is -2.40. The van der Waals surface area contributed by atoms with E-state index in [2.05, 4.69) is 4.90 Å². The molecule has 1 fully saturated rings. The van der Waals surface area contributed by atoms with Gasteiger partial charge in [-0.25, -0.2) is 8.42 Å². The second-order valence-corrected chi connectivity index (χ2v) is 8.21. The van der Waals surface area contributed by atoms with Crippen molar-refractivity contribution < 1.29 is 13.2 Å². The molecule has 0 aromatic heterocycles. The van der Waals surface area contributed by atoms with Gasteiger partial charge in [0.1, 0.15) is 5.75 Å². The van der Waals surface area contributed by atoms with Crippen LogP contribution in [0.5, 0.6) is 5.75 Å². The highest BCUT2D eigenvalue weighted by Crippen LogP contribution is 2.29. The van der Waals surface area contributed by atoms with Gasteiger partial charge in [-0.3, -0.25) is 4.90 Å². The van der Waals surface area contributed by atoms with Gasteiger partial charge in [-0.15, -0.1) is 0 Å². The first-order chi connectivity index (χ1) is 12.5. The van der Waals surface area contributed by atoms with Crippen LogP contribution in [0.15, 0.2) is 53.4 Å². The van der Waals surface area contributed by atoms with Crippen molar-refractivity contribution in [3.05, 3.63) is 59.7 Å². The number of nitriles is 1. The molecular formula is C19H21N3O3S. The molecule has 0 saturated carbocycles. The van der Waals surface area contributed by atoms with Crippen molar-refractivity contribution in [3.8, 4) is 11.8 Å². The first-order valence-electron chi connectivity index (χ1n) is 8.30. The number of methoxy groups -OCH3 is 1. The Kier molecular flexibility index (Phi) is 5.28. The minimum absolute atomic E-state index is 0.0384. The zero-order chi connectivity index (χ0) is 18.7. The number of hydrogen-bond acceptors (Lipinski definition) is 5. The molecule has 2 aromatic carbocycles. The number of hydrogen-bond donors (Lipinski definition) is 0. The Morgan fingerprint density at radius 3 is 2.54 bits per heavy atom. The third kappa shape index (κ3) is 3.58. The van der Waals surface area contributed by atoms with E-state index in [1.807, 2.05) is 37.4 Å². The molecule has 6 nitrogen and oxygen atoms in total. The molecule has 2 aromatic rings. The molecule has 1 heterocycles. The molecule has 3 rings (SSSR count). The predicted molar refractivity (Wildman–Crippen MR) is 98.3 cm³/mol. The lowest BCUT2D eigenvalue weighted by Crippen LogP contribution is -2.48. The van der Waals surface area contributed by atoms with E-state index in [0.29, 0.717) is 25.2 Å². The molecule has 26 heavy (non-hydrogen) atoms. The Bertz CT molecular complexity index is 920. The molecule has 0 aliphatic carbocycles. The van der Waals surface area contributed by atoms with Crippen LogP contribution in [0.3, 0.4) is 0 Å². The van der Waals surface area contributed by atoms with Gasteiger partial charge in [0, 0.05) is 25.7 Å². The largest absolute Gasteiger partial charge is 0.497 e. The molecule has 136 valence electrons. The minimum atomic E-state index is -3.64. The highest BCUT2D eigenvalue weighted by molar-refractivity contribution is 7.89. The number of piperazine rings is 1. The summed E-state index contributed by atoms with van der Waals surface area (Å²) >= 11 is 0. The van der Waals surface area contributed by atoms with E-state index in [0.717, 1.165) is 11.3 Å². The molecule has 0 bridgehead atoms. The van der Waals surface area contributed by atoms with Gasteiger partial charge < -0.3 is 4.74 Å². The fourth-order valence-corrected chi connectivity index (χ4v) is 4.61. The smallest absolute Gasteiger partial charge is 0.243 e. The van der Waals surface area contributed by atoms with Crippen LogP contribution >= 0.6 is 0 Å². The highest BCUT2D eigenvalue weighted by Gasteiger charge is 2.33. The molecule has 1 unspecified atom stereocenters. The molecular weight excluding hydrogens is 350 g/mol. The average Bonchev–Trinajstić information content (AvgIpc) is 2.68. The summed E-state index contributed by atoms with van der Waals surface area (Å²) in [5, 5.41) is 9.03. The lowest BCUT2D eigenvalue weighted by Gasteiger charge is -2.39. The summed E-state index contributed by atoms with van der Waals surface area (Å²) in [5.41, 5.74) is 1.38. The normalized spacial score (nSPS) is 19.0. The van der Waals surface area contributed by atoms with E-state index < -0.39 is 10.0 Å². The van der Waals surface area contributed by atoms with Gasteiger partial charge in [0.05, 0.1) is 23.6 Å². The van der Waals surface area contributed by atoms with Crippen molar-refractivity contribution >= 4 is 10.0 Å². The van der Waals surface area contributed by atoms with Crippen LogP contribution in [0, 0.1) is 11.3 Å². The first kappa shape index (κ1) is 18.4. The molecule has 0 N–H and O–H groups in total. The number of likely N-dealkylation sites (N-methyl/N-ethyl adjacent to an activating group) is 1. The third-order valence-corrected chi connectivity index (χ3v) is 6.57. The number of nitrogens with zero attached hydrogens (tertiary/aromatic N) is 3. The number of sulfonamides is 1. The number of rotatable bonds is 4. The SMILES string of the molecule is COc1ccc(C2CN(S(=O)(=O)c3cccc(C#N)c3)CCN2C)cc1. The van der Waals surface area contributed by atoms with Crippen LogP contribution in [0.2, 0.25) is 0 Å². The molecule has 1 aliphatic rings. The maximum Gasteiger partial charge on any atom is 0.243 e. The van der Waals surface area contributed by atoms with E-state index in [-0.39, 0.29) is 10.9 Å². The van der Waals surface area contributed by atoms with Gasteiger partial charge >= 0.3 is 0 Å². The van der Waals surface area contributed by atoms with Crippen LogP contribution in [-0.2, 0) is 10.0 Å². The lowest BCUT2D eigenvalue weighted by molar-refractivity contribution is 0.148. The Morgan fingerprint density at radius 1 is 1.15 bits per heavy atom. The predicted octanol–water partition coefficient (Wildman–Crippen LogP) is 2.24. The van der Waals surface area contributed by atoms with Gasteiger partial charge in [-0.05, 0) is 42.9 Å². The standard InChI is InChI=1S/C19H21N3O3S/c1-21-10-11-22(14-19(21)16-6-8-17(25-2)9-7-16)26(23,24)18-5-3-4-15(12-18)13-20/h3-9,12,19H,10-11,14H2,1-2H3. The molecule has 1 saturated heterocycles. The summed E-state index contributed by atoms with van der Waals surface area (Å²) in [6.45, 7) is 1.41. The summed E-state index contributed by atoms with van der Waals surface area (Å²) in [7, 11) is -0.0293. The van der Waals surface area contributed by atoms with Gasteiger partial charge in [-0.1, -0.05) is 18.2 Å². The summed E-state index contributed by atoms with van der Waals surface area (Å²) in [6, 6.07) is 15.8. The Morgan fingerprint density at radius 2 is 1.88 bits per heavy atom. The molecule has 0 spiro atoms. The highest BCUT2D eigenvalue weighted by atomic mass is 32.2. The van der Waals surface area contributed by atoms with Gasteiger partial charge in [0.15, 0.2) is 0 Å². The fourth-order valence-electron chi connectivity index (χ4n) is 3.13. The van der Waals surface area contributed by atoms with Crippen LogP contribution < -0.4 is 4.74 Å². The van der Waals surface area contributed by atoms with Crippen LogP contribution in [0.4, 0.5) is 0 Å². The van der Waals surface area contributed by atoms with Crippen molar-refractivity contribution in [2.45, 2.75) is 10.9 Å². The van der Waals surface area contributed by atoms with Crippen LogP contribution in [0.1, 0.15) is 17.2 Å². The van der Waals surface area contributed by atoms with Crippen molar-refractivity contribution in [1.82, 2.24) is 9.21 Å². The summed E-state index contributed by atoms with van der Waals surface area (Å²) in [5.74, 6) is 0.769. The maximum atomic E-state index is 13.0. The second-order valence-electron chi connectivity index (χ2n) is 6.27. The van der Waals surface area contributed by atoms with E-state index in [4.69, 9.17) is 10.00 Å². The van der Waals surface area contributed by atoms with E-state index in [9.17, 15) is 8.42 Å². The van der Waals surface area contributed by atoms with Crippen molar-refractivity contribution in [2.75, 3.05) is 33.8 Å². The summed E-state index contributed by atoms with van der Waals surface area (Å²) in [6.07, 6.45) is 0. The first-order valence-corrected chi connectivity index (χ1v) is 9.74.